The highest BCUT2D eigenvalue weighted by atomic mass is 33.1. The number of carboxylic acids is 2. The summed E-state index contributed by atoms with van der Waals surface area (Å²) in [6.07, 6.45) is -6.26. The van der Waals surface area contributed by atoms with Crippen molar-refractivity contribution < 1.29 is 30.8 Å². The highest BCUT2D eigenvalue weighted by Gasteiger charge is 2.12. The van der Waals surface area contributed by atoms with Crippen LogP contribution in [0.1, 0.15) is 23.7 Å². The largest absolute Gasteiger partial charge is 0.480 e. The summed E-state index contributed by atoms with van der Waals surface area (Å²) in [6, 6.07) is -4.52. The minimum absolute atomic E-state index is 0.137. The predicted molar refractivity (Wildman–Crippen MR) is 65.4 cm³/mol. The molecular formula is C8H16N2O4S2. The Labute approximate surface area is 113 Å². The lowest BCUT2D eigenvalue weighted by Crippen LogP contribution is -2.30. The van der Waals surface area contributed by atoms with Gasteiger partial charge in [0.1, 0.15) is 12.1 Å². The van der Waals surface area contributed by atoms with Crippen LogP contribution in [0.4, 0.5) is 0 Å². The van der Waals surface area contributed by atoms with E-state index in [1.54, 1.807) is 0 Å². The fraction of sp³-hybridized carbons (Fsp3) is 0.750. The molecule has 16 heavy (non-hydrogen) atoms. The van der Waals surface area contributed by atoms with Gasteiger partial charge in [-0.05, 0) is 12.7 Å². The van der Waals surface area contributed by atoms with Gasteiger partial charge in [0, 0.05) is 22.4 Å². The Morgan fingerprint density at radius 3 is 1.62 bits per heavy atom. The smallest absolute Gasteiger partial charge is 0.320 e. The molecular weight excluding hydrogens is 252 g/mol. The molecule has 6 nitrogen and oxygen atoms in total. The molecule has 0 aliphatic rings. The maximum absolute atomic E-state index is 10.8. The molecule has 0 fully saturated rings. The van der Waals surface area contributed by atoms with Crippen molar-refractivity contribution in [3.63, 3.8) is 0 Å². The zero-order chi connectivity index (χ0) is 19.7. The SMILES string of the molecule is [2H]C([2H])(SSC([2H])([2H])C([2H])([2H])[C@@H](N)C(=O)O)C([2H])([2H])[C@@H](N)C(=O)O. The van der Waals surface area contributed by atoms with Crippen LogP contribution < -0.4 is 11.5 Å². The van der Waals surface area contributed by atoms with E-state index in [0.29, 0.717) is 0 Å². The second kappa shape index (κ2) is 8.68. The molecule has 0 saturated heterocycles. The van der Waals surface area contributed by atoms with E-state index in [9.17, 15) is 9.59 Å². The second-order valence-electron chi connectivity index (χ2n) is 2.29. The number of hydrogen-bond donors (Lipinski definition) is 4. The van der Waals surface area contributed by atoms with E-state index < -0.39 is 48.2 Å². The van der Waals surface area contributed by atoms with Crippen LogP contribution in [0, 0.1) is 0 Å². The summed E-state index contributed by atoms with van der Waals surface area (Å²) >= 11 is 0. The average molecular weight is 276 g/mol. The monoisotopic (exact) mass is 276 g/mol. The van der Waals surface area contributed by atoms with E-state index in [1.165, 1.54) is 0 Å². The van der Waals surface area contributed by atoms with Crippen molar-refractivity contribution >= 4 is 33.5 Å². The first-order valence-electron chi connectivity index (χ1n) is 7.75. The number of carbonyl (C=O) groups is 2. The molecule has 0 radical (unpaired) electrons. The molecule has 2 atom stereocenters. The van der Waals surface area contributed by atoms with Crippen molar-refractivity contribution in [2.45, 2.75) is 24.8 Å². The van der Waals surface area contributed by atoms with Gasteiger partial charge in [-0.25, -0.2) is 0 Å². The quantitative estimate of drug-likeness (QED) is 0.432. The number of aliphatic carboxylic acids is 2. The minimum Gasteiger partial charge on any atom is -0.480 e. The third-order valence-corrected chi connectivity index (χ3v) is 2.32. The van der Waals surface area contributed by atoms with Crippen LogP contribution in [0.2, 0.25) is 0 Å². The summed E-state index contributed by atoms with van der Waals surface area (Å²) < 4.78 is 60.3. The Kier molecular flexibility index (Phi) is 3.52. The molecule has 94 valence electrons. The topological polar surface area (TPSA) is 127 Å². The first-order valence-corrected chi connectivity index (χ1v) is 5.90. The lowest BCUT2D eigenvalue weighted by Gasteiger charge is -2.06. The van der Waals surface area contributed by atoms with Gasteiger partial charge in [-0.15, -0.1) is 0 Å². The summed E-state index contributed by atoms with van der Waals surface area (Å²) in [7, 11) is -0.275. The van der Waals surface area contributed by atoms with E-state index in [1.807, 2.05) is 0 Å². The predicted octanol–water partition coefficient (Wildman–Crippen LogP) is -0.0282. The standard InChI is InChI=1S/C8H16N2O4S2/c9-5(7(11)12)1-3-15-16-4-2-6(10)8(13)14/h5-6H,1-4,9-10H2,(H,11,12)(H,13,14)/t5-,6-/m1/s1/i1D2,2D2,3D2,4D2. The Bertz CT molecular complexity index is 462. The van der Waals surface area contributed by atoms with E-state index in [-0.39, 0.29) is 21.6 Å². The van der Waals surface area contributed by atoms with Crippen LogP contribution in [-0.4, -0.2) is 45.6 Å². The molecule has 0 unspecified atom stereocenters. The number of rotatable bonds is 9. The van der Waals surface area contributed by atoms with Crippen molar-refractivity contribution in [2.24, 2.45) is 11.5 Å². The third-order valence-electron chi connectivity index (χ3n) is 1.09. The Hall–Kier alpha value is -0.440. The Morgan fingerprint density at radius 1 is 1.06 bits per heavy atom. The molecule has 6 N–H and O–H groups in total. The van der Waals surface area contributed by atoms with Crippen LogP contribution >= 0.6 is 21.6 Å². The summed E-state index contributed by atoms with van der Waals surface area (Å²) in [5, 5.41) is 17.4. The van der Waals surface area contributed by atoms with Gasteiger partial charge in [-0.3, -0.25) is 9.59 Å². The van der Waals surface area contributed by atoms with Crippen LogP contribution in [0.25, 0.3) is 0 Å². The van der Waals surface area contributed by atoms with Gasteiger partial charge < -0.3 is 21.7 Å². The highest BCUT2D eigenvalue weighted by molar-refractivity contribution is 8.76. The zero-order valence-corrected chi connectivity index (χ0v) is 9.47. The van der Waals surface area contributed by atoms with Gasteiger partial charge in [0.25, 0.3) is 0 Å². The normalized spacial score (nSPS) is 25.4. The Balaban J connectivity index is 5.35. The molecule has 0 aliphatic heterocycles. The van der Waals surface area contributed by atoms with Crippen molar-refractivity contribution in [2.75, 3.05) is 11.4 Å². The number of hydrogen-bond acceptors (Lipinski definition) is 6. The summed E-state index contributed by atoms with van der Waals surface area (Å²) in [5.74, 6) is -3.64. The summed E-state index contributed by atoms with van der Waals surface area (Å²) in [6.45, 7) is 0. The molecule has 0 aliphatic carbocycles. The zero-order valence-electron chi connectivity index (χ0n) is 15.8. The first-order chi connectivity index (χ1) is 10.4. The van der Waals surface area contributed by atoms with E-state index >= 15 is 0 Å². The van der Waals surface area contributed by atoms with E-state index in [2.05, 4.69) is 0 Å². The first kappa shape index (κ1) is 6.48. The molecule has 0 aromatic heterocycles. The molecule has 0 bridgehead atoms. The van der Waals surface area contributed by atoms with Gasteiger partial charge >= 0.3 is 11.9 Å². The van der Waals surface area contributed by atoms with Crippen LogP contribution in [-0.2, 0) is 9.59 Å². The highest BCUT2D eigenvalue weighted by Crippen LogP contribution is 2.23. The third kappa shape index (κ3) is 7.80. The summed E-state index contributed by atoms with van der Waals surface area (Å²) in [4.78, 5) is 21.5. The number of carboxylic acid groups (broad SMARTS) is 2. The van der Waals surface area contributed by atoms with Gasteiger partial charge in [0.15, 0.2) is 0 Å². The van der Waals surface area contributed by atoms with E-state index in [0.717, 1.165) is 0 Å². The van der Waals surface area contributed by atoms with Crippen molar-refractivity contribution in [1.29, 1.82) is 0 Å². The lowest BCUT2D eigenvalue weighted by molar-refractivity contribution is -0.139. The number of nitrogens with two attached hydrogens (primary N) is 2. The molecule has 0 aromatic rings. The van der Waals surface area contributed by atoms with Crippen LogP contribution in [0.5, 0.6) is 0 Å². The molecule has 0 saturated carbocycles. The molecule has 0 rings (SSSR count). The van der Waals surface area contributed by atoms with Crippen molar-refractivity contribution in [1.82, 2.24) is 0 Å². The van der Waals surface area contributed by atoms with Crippen molar-refractivity contribution in [3.05, 3.63) is 0 Å². The second-order valence-corrected chi connectivity index (χ2v) is 4.03. The minimum atomic E-state index is -3.13. The maximum atomic E-state index is 10.8. The summed E-state index contributed by atoms with van der Waals surface area (Å²) in [5.41, 5.74) is 4.11. The fourth-order valence-corrected chi connectivity index (χ4v) is 1.31. The maximum Gasteiger partial charge on any atom is 0.320 e. The van der Waals surface area contributed by atoms with Gasteiger partial charge in [0.05, 0.1) is 0 Å². The molecule has 0 heterocycles. The van der Waals surface area contributed by atoms with Gasteiger partial charge in [-0.2, -0.15) is 0 Å². The van der Waals surface area contributed by atoms with Gasteiger partial charge in [0.2, 0.25) is 0 Å². The molecule has 0 spiro atoms. The average Bonchev–Trinajstić information content (AvgIpc) is 2.42. The molecule has 8 heteroatoms. The van der Waals surface area contributed by atoms with Gasteiger partial charge in [-0.1, -0.05) is 21.6 Å². The Morgan fingerprint density at radius 2 is 1.38 bits per heavy atom. The van der Waals surface area contributed by atoms with Crippen LogP contribution in [0.15, 0.2) is 0 Å². The lowest BCUT2D eigenvalue weighted by atomic mass is 10.2. The van der Waals surface area contributed by atoms with E-state index in [4.69, 9.17) is 32.6 Å². The molecule has 0 aromatic carbocycles. The van der Waals surface area contributed by atoms with Crippen LogP contribution in [0.3, 0.4) is 0 Å². The molecule has 0 amide bonds. The van der Waals surface area contributed by atoms with Crippen molar-refractivity contribution in [3.8, 4) is 0 Å². The fourth-order valence-electron chi connectivity index (χ4n) is 0.340.